The van der Waals surface area contributed by atoms with E-state index in [0.717, 1.165) is 141 Å². The van der Waals surface area contributed by atoms with Gasteiger partial charge in [-0.1, -0.05) is 275 Å². The summed E-state index contributed by atoms with van der Waals surface area (Å²) in [5, 5.41) is 10.6. The number of phosphoric ester groups is 2. The van der Waals surface area contributed by atoms with Gasteiger partial charge in [0.1, 0.15) is 19.3 Å². The lowest BCUT2D eigenvalue weighted by Gasteiger charge is -2.21. The first kappa shape index (κ1) is 93.0. The van der Waals surface area contributed by atoms with Gasteiger partial charge in [-0.25, -0.2) is 9.13 Å². The number of hydrogen-bond donors (Lipinski definition) is 3. The Hall–Kier alpha value is -2.98. The van der Waals surface area contributed by atoms with E-state index in [9.17, 15) is 43.2 Å². The normalized spacial score (nSPS) is 14.2. The van der Waals surface area contributed by atoms with Crippen molar-refractivity contribution in [1.29, 1.82) is 0 Å². The summed E-state index contributed by atoms with van der Waals surface area (Å²) >= 11 is 0. The maximum Gasteiger partial charge on any atom is 0.472 e. The number of ether oxygens (including phenoxy) is 4. The molecule has 0 bridgehead atoms. The Morgan fingerprint density at radius 2 is 0.510 bits per heavy atom. The molecule has 5 atom stereocenters. The summed E-state index contributed by atoms with van der Waals surface area (Å²) in [6.07, 6.45) is 66.6. The molecule has 0 aliphatic heterocycles. The standard InChI is InChI=1S/C77H142O17P2/c1-5-9-13-17-21-25-29-33-35-39-43-47-51-55-59-63-76(81)93-72(67-87-74(79)61-57-53-49-45-41-37-31-27-23-19-15-11-7-3)69-91-95(83,84)89-65-71(78)66-90-96(85,86)92-70-73(68-88-75(80)62-58-54-50-46-42-38-32-28-24-20-16-12-8-4)94-77(82)64-60-56-52-48-44-40-36-34-30-26-22-18-14-10-6-2/h21,25,28,32-36,71-73,78H,5-20,22-24,26-27,29-31,37-70H2,1-4H3,(H,83,84)(H,85,86)/b25-21-,32-28-,35-33-,36-34-/t71-,72+,73+/m0/s1. The molecular weight excluding hydrogens is 1260 g/mol. The third-order valence-corrected chi connectivity index (χ3v) is 18.7. The second-order valence-corrected chi connectivity index (χ2v) is 29.2. The molecule has 17 nitrogen and oxygen atoms in total. The van der Waals surface area contributed by atoms with Gasteiger partial charge >= 0.3 is 39.5 Å². The van der Waals surface area contributed by atoms with Gasteiger partial charge in [0.2, 0.25) is 0 Å². The summed E-state index contributed by atoms with van der Waals surface area (Å²) in [6.45, 7) is 4.86. The molecule has 0 fully saturated rings. The van der Waals surface area contributed by atoms with Crippen LogP contribution in [-0.4, -0.2) is 96.7 Å². The Labute approximate surface area is 585 Å². The van der Waals surface area contributed by atoms with E-state index >= 15 is 0 Å². The molecule has 0 aliphatic carbocycles. The molecule has 0 aromatic carbocycles. The van der Waals surface area contributed by atoms with E-state index in [4.69, 9.17) is 37.0 Å². The van der Waals surface area contributed by atoms with Crippen molar-refractivity contribution in [2.75, 3.05) is 39.6 Å². The van der Waals surface area contributed by atoms with Gasteiger partial charge in [-0.3, -0.25) is 37.3 Å². The molecule has 96 heavy (non-hydrogen) atoms. The SMILES string of the molecule is CCCCC/C=C\C/C=C\CCCCCCCC(=O)O[C@H](COC(=O)CCCCCCCCCCCCCCC)COP(=O)(O)OC[C@H](O)COP(=O)(O)OC[C@@H](COC(=O)CCCCCCC/C=C\CCCCCC)OC(=O)CCCCCCC/C=C\CCCCCCCC. The summed E-state index contributed by atoms with van der Waals surface area (Å²) in [5.74, 6) is -2.17. The van der Waals surface area contributed by atoms with Crippen LogP contribution in [0.5, 0.6) is 0 Å². The maximum absolute atomic E-state index is 13.1. The van der Waals surface area contributed by atoms with E-state index in [1.165, 1.54) is 141 Å². The number of hydrogen-bond acceptors (Lipinski definition) is 15. The monoisotopic (exact) mass is 1400 g/mol. The topological polar surface area (TPSA) is 237 Å². The number of aliphatic hydroxyl groups excluding tert-OH is 1. The zero-order chi connectivity index (χ0) is 70.4. The largest absolute Gasteiger partial charge is 0.472 e. The first-order chi connectivity index (χ1) is 46.7. The zero-order valence-electron chi connectivity index (χ0n) is 61.3. The molecule has 0 radical (unpaired) electrons. The van der Waals surface area contributed by atoms with Gasteiger partial charge in [0.25, 0.3) is 0 Å². The lowest BCUT2D eigenvalue weighted by Crippen LogP contribution is -2.30. The lowest BCUT2D eigenvalue weighted by atomic mass is 10.0. The highest BCUT2D eigenvalue weighted by Crippen LogP contribution is 2.45. The molecule has 0 amide bonds. The van der Waals surface area contributed by atoms with Crippen molar-refractivity contribution < 1.29 is 80.2 Å². The van der Waals surface area contributed by atoms with Crippen molar-refractivity contribution >= 4 is 39.5 Å². The van der Waals surface area contributed by atoms with E-state index in [1.54, 1.807) is 0 Å². The Morgan fingerprint density at radius 3 is 0.812 bits per heavy atom. The molecule has 0 aromatic heterocycles. The summed E-state index contributed by atoms with van der Waals surface area (Å²) in [4.78, 5) is 72.8. The molecule has 0 heterocycles. The number of esters is 4. The fourth-order valence-electron chi connectivity index (χ4n) is 10.8. The summed E-state index contributed by atoms with van der Waals surface area (Å²) in [5.41, 5.74) is 0. The molecule has 0 saturated carbocycles. The van der Waals surface area contributed by atoms with E-state index < -0.39 is 97.5 Å². The predicted octanol–water partition coefficient (Wildman–Crippen LogP) is 22.1. The lowest BCUT2D eigenvalue weighted by molar-refractivity contribution is -0.161. The van der Waals surface area contributed by atoms with Gasteiger partial charge in [-0.05, 0) is 109 Å². The fraction of sp³-hybridized carbons (Fsp3) is 0.844. The van der Waals surface area contributed by atoms with Gasteiger partial charge < -0.3 is 33.8 Å². The molecule has 0 aliphatic rings. The highest BCUT2D eigenvalue weighted by molar-refractivity contribution is 7.47. The van der Waals surface area contributed by atoms with E-state index in [2.05, 4.69) is 76.3 Å². The Balaban J connectivity index is 5.33. The zero-order valence-corrected chi connectivity index (χ0v) is 63.1. The van der Waals surface area contributed by atoms with Crippen LogP contribution in [0.3, 0.4) is 0 Å². The fourth-order valence-corrected chi connectivity index (χ4v) is 12.3. The van der Waals surface area contributed by atoms with Crippen molar-refractivity contribution in [3.05, 3.63) is 48.6 Å². The van der Waals surface area contributed by atoms with Crippen LogP contribution in [0.15, 0.2) is 48.6 Å². The number of aliphatic hydroxyl groups is 1. The highest BCUT2D eigenvalue weighted by Gasteiger charge is 2.30. The van der Waals surface area contributed by atoms with Crippen LogP contribution in [0.2, 0.25) is 0 Å². The molecule has 0 saturated heterocycles. The van der Waals surface area contributed by atoms with Crippen molar-refractivity contribution in [2.45, 2.75) is 380 Å². The number of rotatable bonds is 74. The van der Waals surface area contributed by atoms with E-state index in [0.29, 0.717) is 25.7 Å². The number of carbonyl (C=O) groups excluding carboxylic acids is 4. The second kappa shape index (κ2) is 70.5. The van der Waals surface area contributed by atoms with E-state index in [-0.39, 0.29) is 25.7 Å². The first-order valence-electron chi connectivity index (χ1n) is 38.9. The third kappa shape index (κ3) is 69.5. The Kier molecular flexibility index (Phi) is 68.3. The van der Waals surface area contributed by atoms with Gasteiger partial charge in [-0.2, -0.15) is 0 Å². The van der Waals surface area contributed by atoms with Crippen molar-refractivity contribution in [3.8, 4) is 0 Å². The number of carbonyl (C=O) groups is 4. The highest BCUT2D eigenvalue weighted by atomic mass is 31.2. The minimum absolute atomic E-state index is 0.0848. The van der Waals surface area contributed by atoms with Crippen LogP contribution in [0.1, 0.15) is 362 Å². The molecular formula is C77H142O17P2. The van der Waals surface area contributed by atoms with Gasteiger partial charge in [0.05, 0.1) is 26.4 Å². The molecule has 0 rings (SSSR count). The maximum atomic E-state index is 13.1. The average molecular weight is 1400 g/mol. The Bertz CT molecular complexity index is 2010. The van der Waals surface area contributed by atoms with E-state index in [1.807, 2.05) is 0 Å². The van der Waals surface area contributed by atoms with Crippen molar-refractivity contribution in [3.63, 3.8) is 0 Å². The first-order valence-corrected chi connectivity index (χ1v) is 41.9. The van der Waals surface area contributed by atoms with Crippen LogP contribution in [0, 0.1) is 0 Å². The second-order valence-electron chi connectivity index (χ2n) is 26.3. The minimum atomic E-state index is -4.97. The Morgan fingerprint density at radius 1 is 0.292 bits per heavy atom. The molecule has 0 spiro atoms. The smallest absolute Gasteiger partial charge is 0.462 e. The summed E-state index contributed by atoms with van der Waals surface area (Å²) in [6, 6.07) is 0. The molecule has 2 unspecified atom stereocenters. The quantitative estimate of drug-likeness (QED) is 0.0169. The predicted molar refractivity (Wildman–Crippen MR) is 390 cm³/mol. The molecule has 3 N–H and O–H groups in total. The summed E-state index contributed by atoms with van der Waals surface area (Å²) in [7, 11) is -9.94. The number of allylic oxidation sites excluding steroid dienone is 8. The van der Waals surface area contributed by atoms with Crippen molar-refractivity contribution in [2.24, 2.45) is 0 Å². The number of unbranched alkanes of at least 4 members (excludes halogenated alkanes) is 40. The average Bonchev–Trinajstić information content (AvgIpc) is 1.19. The van der Waals surface area contributed by atoms with Crippen LogP contribution >= 0.6 is 15.6 Å². The molecule has 0 aromatic rings. The van der Waals surface area contributed by atoms with Crippen LogP contribution in [-0.2, 0) is 65.4 Å². The van der Waals surface area contributed by atoms with Crippen LogP contribution in [0.4, 0.5) is 0 Å². The van der Waals surface area contributed by atoms with Crippen LogP contribution < -0.4 is 0 Å². The third-order valence-electron chi connectivity index (χ3n) is 16.8. The van der Waals surface area contributed by atoms with Gasteiger partial charge in [0.15, 0.2) is 12.2 Å². The number of phosphoric acid groups is 2. The van der Waals surface area contributed by atoms with Crippen molar-refractivity contribution in [1.82, 2.24) is 0 Å². The van der Waals surface area contributed by atoms with Gasteiger partial charge in [-0.15, -0.1) is 0 Å². The molecule has 19 heteroatoms. The van der Waals surface area contributed by atoms with Crippen LogP contribution in [0.25, 0.3) is 0 Å². The summed E-state index contributed by atoms with van der Waals surface area (Å²) < 4.78 is 68.5. The molecule has 562 valence electrons. The minimum Gasteiger partial charge on any atom is -0.462 e. The van der Waals surface area contributed by atoms with Gasteiger partial charge in [0, 0.05) is 25.7 Å².